The van der Waals surface area contributed by atoms with Gasteiger partial charge in [-0.3, -0.25) is 33.6 Å². The van der Waals surface area contributed by atoms with Crippen LogP contribution in [-0.2, 0) is 33.6 Å². The Balaban J connectivity index is 2.01. The van der Waals surface area contributed by atoms with Gasteiger partial charge in [0.1, 0.15) is 24.2 Å². The second-order valence-corrected chi connectivity index (χ2v) is 11.1. The maximum Gasteiger partial charge on any atom is 0.325 e. The first kappa shape index (κ1) is 33.8. The number of rotatable bonds is 15. The number of nitrogens with one attached hydrogen (secondary N) is 3. The number of likely N-dealkylation sites (tertiary alicyclic amines) is 2. The molecule has 5 amide bonds. The predicted octanol–water partition coefficient (Wildman–Crippen LogP) is -1.90. The third kappa shape index (κ3) is 9.88. The van der Waals surface area contributed by atoms with E-state index in [0.717, 1.165) is 0 Å². The Bertz CT molecular complexity index is 1010. The molecule has 0 aromatic carbocycles. The zero-order valence-electron chi connectivity index (χ0n) is 23.3. The first-order chi connectivity index (χ1) is 19.4. The molecule has 0 bridgehead atoms. The third-order valence-electron chi connectivity index (χ3n) is 7.09. The highest BCUT2D eigenvalue weighted by atomic mass is 32.2. The minimum absolute atomic E-state index is 0.183. The van der Waals surface area contributed by atoms with Crippen LogP contribution in [0.4, 0.5) is 0 Å². The Morgan fingerprint density at radius 2 is 1.54 bits per heavy atom. The van der Waals surface area contributed by atoms with E-state index in [0.29, 0.717) is 37.9 Å². The minimum Gasteiger partial charge on any atom is -0.481 e. The maximum absolute atomic E-state index is 13.4. The molecule has 41 heavy (non-hydrogen) atoms. The molecule has 2 aliphatic rings. The van der Waals surface area contributed by atoms with E-state index in [2.05, 4.69) is 16.0 Å². The molecular weight excluding hydrogens is 560 g/mol. The second-order valence-electron chi connectivity index (χ2n) is 10.1. The van der Waals surface area contributed by atoms with Crippen molar-refractivity contribution in [3.63, 3.8) is 0 Å². The largest absolute Gasteiger partial charge is 0.481 e. The van der Waals surface area contributed by atoms with Crippen molar-refractivity contribution in [3.8, 4) is 0 Å². The van der Waals surface area contributed by atoms with E-state index in [1.54, 1.807) is 0 Å². The van der Waals surface area contributed by atoms with Gasteiger partial charge in [0.25, 0.3) is 0 Å². The van der Waals surface area contributed by atoms with E-state index < -0.39 is 78.2 Å². The Morgan fingerprint density at radius 3 is 2.12 bits per heavy atom. The van der Waals surface area contributed by atoms with E-state index in [4.69, 9.17) is 15.9 Å². The van der Waals surface area contributed by atoms with Crippen LogP contribution in [-0.4, -0.2) is 123 Å². The highest BCUT2D eigenvalue weighted by Gasteiger charge is 2.39. The first-order valence-corrected chi connectivity index (χ1v) is 14.9. The summed E-state index contributed by atoms with van der Waals surface area (Å²) in [5.41, 5.74) is 5.90. The summed E-state index contributed by atoms with van der Waals surface area (Å²) in [6, 6.07) is -4.98. The van der Waals surface area contributed by atoms with Crippen molar-refractivity contribution in [2.24, 2.45) is 5.73 Å². The molecule has 2 aliphatic heterocycles. The quantitative estimate of drug-likeness (QED) is 0.122. The van der Waals surface area contributed by atoms with Crippen LogP contribution in [0.25, 0.3) is 0 Å². The van der Waals surface area contributed by atoms with Gasteiger partial charge in [0.15, 0.2) is 0 Å². The summed E-state index contributed by atoms with van der Waals surface area (Å²) in [5, 5.41) is 25.6. The summed E-state index contributed by atoms with van der Waals surface area (Å²) in [4.78, 5) is 89.1. The molecule has 230 valence electrons. The molecule has 16 heteroatoms. The molecule has 2 rings (SSSR count). The zero-order chi connectivity index (χ0) is 30.7. The van der Waals surface area contributed by atoms with E-state index in [9.17, 15) is 33.6 Å². The lowest BCUT2D eigenvalue weighted by molar-refractivity contribution is -0.144. The standard InChI is InChI=1S/C25H40N6O9S/c1-14(25(39)40)28-23(37)18-6-3-10-30(18)19(32)13-27-22(36)17-5-4-11-31(17)24(38)16(7-8-20(33)34)29-21(35)15(26)9-12-41-2/h14-18H,3-13,26H2,1-2H3,(H,27,36)(H,28,37)(H,29,35)(H,33,34)(H,39,40). The van der Waals surface area contributed by atoms with Gasteiger partial charge >= 0.3 is 11.9 Å². The lowest BCUT2D eigenvalue weighted by Crippen LogP contribution is -2.56. The summed E-state index contributed by atoms with van der Waals surface area (Å²) in [6.07, 6.45) is 3.35. The number of carboxylic acids is 2. The molecule has 2 saturated heterocycles. The minimum atomic E-state index is -1.21. The molecule has 7 N–H and O–H groups in total. The van der Waals surface area contributed by atoms with Gasteiger partial charge in [0.2, 0.25) is 29.5 Å². The number of carbonyl (C=O) groups excluding carboxylic acids is 5. The summed E-state index contributed by atoms with van der Waals surface area (Å²) in [5.74, 6) is -4.64. The average molecular weight is 601 g/mol. The maximum atomic E-state index is 13.4. The smallest absolute Gasteiger partial charge is 0.325 e. The van der Waals surface area contributed by atoms with Crippen molar-refractivity contribution in [3.05, 3.63) is 0 Å². The van der Waals surface area contributed by atoms with Crippen molar-refractivity contribution in [2.45, 2.75) is 82.1 Å². The normalized spacial score (nSPS) is 20.6. The van der Waals surface area contributed by atoms with Crippen LogP contribution < -0.4 is 21.7 Å². The molecule has 2 heterocycles. The van der Waals surface area contributed by atoms with Gasteiger partial charge in [0.05, 0.1) is 12.6 Å². The zero-order valence-corrected chi connectivity index (χ0v) is 24.1. The number of nitrogens with zero attached hydrogens (tertiary/aromatic N) is 2. The van der Waals surface area contributed by atoms with Gasteiger partial charge in [-0.15, -0.1) is 0 Å². The van der Waals surface area contributed by atoms with Crippen molar-refractivity contribution < 1.29 is 43.8 Å². The summed E-state index contributed by atoms with van der Waals surface area (Å²) in [7, 11) is 0. The van der Waals surface area contributed by atoms with Crippen LogP contribution in [0.1, 0.15) is 51.9 Å². The van der Waals surface area contributed by atoms with Crippen LogP contribution >= 0.6 is 11.8 Å². The van der Waals surface area contributed by atoms with Crippen LogP contribution in [0.2, 0.25) is 0 Å². The lowest BCUT2D eigenvalue weighted by Gasteiger charge is -2.29. The number of hydrogen-bond acceptors (Lipinski definition) is 9. The number of nitrogens with two attached hydrogens (primary N) is 1. The Labute approximate surface area is 242 Å². The van der Waals surface area contributed by atoms with Crippen molar-refractivity contribution >= 4 is 53.2 Å². The highest BCUT2D eigenvalue weighted by Crippen LogP contribution is 2.21. The Hall–Kier alpha value is -3.40. The van der Waals surface area contributed by atoms with Gasteiger partial charge in [-0.05, 0) is 57.5 Å². The number of carbonyl (C=O) groups is 7. The predicted molar refractivity (Wildman–Crippen MR) is 147 cm³/mol. The molecule has 0 spiro atoms. The summed E-state index contributed by atoms with van der Waals surface area (Å²) >= 11 is 1.50. The Kier molecular flexibility index (Phi) is 13.3. The number of aliphatic carboxylic acids is 2. The third-order valence-corrected chi connectivity index (χ3v) is 7.73. The molecule has 15 nitrogen and oxygen atoms in total. The first-order valence-electron chi connectivity index (χ1n) is 13.5. The van der Waals surface area contributed by atoms with Crippen LogP contribution in [0.3, 0.4) is 0 Å². The van der Waals surface area contributed by atoms with E-state index >= 15 is 0 Å². The van der Waals surface area contributed by atoms with E-state index in [1.165, 1.54) is 28.5 Å². The molecule has 0 aromatic rings. The second kappa shape index (κ2) is 16.1. The average Bonchev–Trinajstić information content (AvgIpc) is 3.62. The number of thioether (sulfide) groups is 1. The molecule has 0 saturated carbocycles. The van der Waals surface area contributed by atoms with Crippen molar-refractivity contribution in [1.29, 1.82) is 0 Å². The molecule has 0 radical (unpaired) electrons. The fourth-order valence-electron chi connectivity index (χ4n) is 4.77. The van der Waals surface area contributed by atoms with Crippen LogP contribution in [0.5, 0.6) is 0 Å². The fraction of sp³-hybridized carbons (Fsp3) is 0.720. The van der Waals surface area contributed by atoms with Gasteiger partial charge in [-0.25, -0.2) is 0 Å². The highest BCUT2D eigenvalue weighted by molar-refractivity contribution is 7.98. The summed E-state index contributed by atoms with van der Waals surface area (Å²) in [6.45, 7) is 1.36. The van der Waals surface area contributed by atoms with Crippen molar-refractivity contribution in [1.82, 2.24) is 25.8 Å². The van der Waals surface area contributed by atoms with Gasteiger partial charge in [-0.1, -0.05) is 0 Å². The SMILES string of the molecule is CSCCC(N)C(=O)NC(CCC(=O)O)C(=O)N1CCCC1C(=O)NCC(=O)N1CCCC1C(=O)NC(C)C(=O)O. The van der Waals surface area contributed by atoms with Gasteiger partial charge in [-0.2, -0.15) is 11.8 Å². The molecule has 0 aliphatic carbocycles. The van der Waals surface area contributed by atoms with Crippen LogP contribution in [0, 0.1) is 0 Å². The number of amides is 5. The van der Waals surface area contributed by atoms with Crippen molar-refractivity contribution in [2.75, 3.05) is 31.6 Å². The van der Waals surface area contributed by atoms with Crippen LogP contribution in [0.15, 0.2) is 0 Å². The molecule has 0 aromatic heterocycles. The lowest BCUT2D eigenvalue weighted by atomic mass is 10.1. The molecule has 5 atom stereocenters. The molecule has 2 fully saturated rings. The van der Waals surface area contributed by atoms with E-state index in [1.807, 2.05) is 6.26 Å². The molecule has 5 unspecified atom stereocenters. The molecular formula is C25H40N6O9S. The Morgan fingerprint density at radius 1 is 0.927 bits per heavy atom. The number of hydrogen-bond donors (Lipinski definition) is 6. The number of carboxylic acid groups (broad SMARTS) is 2. The fourth-order valence-corrected chi connectivity index (χ4v) is 5.26. The van der Waals surface area contributed by atoms with E-state index in [-0.39, 0.29) is 25.9 Å². The van der Waals surface area contributed by atoms with Gasteiger partial charge in [0, 0.05) is 19.5 Å². The monoisotopic (exact) mass is 600 g/mol. The topological polar surface area (TPSA) is 229 Å². The summed E-state index contributed by atoms with van der Waals surface area (Å²) < 4.78 is 0. The van der Waals surface area contributed by atoms with Gasteiger partial charge < -0.3 is 41.7 Å².